The molecule has 1 saturated carbocycles. The van der Waals surface area contributed by atoms with E-state index in [1.54, 1.807) is 19.1 Å². The maximum Gasteiger partial charge on any atom is 0.339 e. The van der Waals surface area contributed by atoms with E-state index in [1.807, 2.05) is 6.92 Å². The van der Waals surface area contributed by atoms with Gasteiger partial charge in [-0.3, -0.25) is 4.79 Å². The average molecular weight is 306 g/mol. The van der Waals surface area contributed by atoms with Crippen molar-refractivity contribution in [2.45, 2.75) is 39.2 Å². The van der Waals surface area contributed by atoms with Crippen LogP contribution in [-0.2, 0) is 14.3 Å². The Morgan fingerprint density at radius 1 is 1.36 bits per heavy atom. The van der Waals surface area contributed by atoms with Crippen LogP contribution in [0, 0.1) is 12.8 Å². The molecule has 0 aliphatic heterocycles. The highest BCUT2D eigenvalue weighted by molar-refractivity contribution is 5.90. The van der Waals surface area contributed by atoms with Crippen molar-refractivity contribution in [3.8, 4) is 0 Å². The van der Waals surface area contributed by atoms with Crippen LogP contribution < -0.4 is 5.32 Å². The molecule has 0 saturated heterocycles. The molecular weight excluding hydrogens is 284 g/mol. The van der Waals surface area contributed by atoms with Gasteiger partial charge in [0.15, 0.2) is 0 Å². The Balaban J connectivity index is 1.96. The van der Waals surface area contributed by atoms with Crippen molar-refractivity contribution in [1.82, 2.24) is 4.98 Å². The molecule has 22 heavy (non-hydrogen) atoms. The summed E-state index contributed by atoms with van der Waals surface area (Å²) in [5, 5.41) is 3.32. The highest BCUT2D eigenvalue weighted by Gasteiger charge is 2.31. The van der Waals surface area contributed by atoms with Crippen molar-refractivity contribution in [1.29, 1.82) is 0 Å². The molecule has 1 N–H and O–H groups in total. The number of ether oxygens (including phenoxy) is 2. The number of esters is 2. The molecule has 1 aromatic rings. The van der Waals surface area contributed by atoms with Crippen molar-refractivity contribution < 1.29 is 19.1 Å². The topological polar surface area (TPSA) is 77.5 Å². The number of nitrogens with zero attached hydrogens (tertiary/aromatic N) is 1. The Hall–Kier alpha value is -2.11. The quantitative estimate of drug-likeness (QED) is 0.841. The van der Waals surface area contributed by atoms with Gasteiger partial charge >= 0.3 is 11.9 Å². The number of hydrogen-bond donors (Lipinski definition) is 1. The first-order valence-corrected chi connectivity index (χ1v) is 7.54. The molecule has 1 heterocycles. The van der Waals surface area contributed by atoms with E-state index in [0.717, 1.165) is 19.3 Å². The standard InChI is InChI=1S/C16H22N2O4/c1-4-22-15(19)11-5-6-12(9-11)18-14-8-7-13(10(2)17-14)16(20)21-3/h7-8,11-12H,4-6,9H2,1-3H3,(H,17,18). The minimum Gasteiger partial charge on any atom is -0.466 e. The first kappa shape index (κ1) is 16.3. The van der Waals surface area contributed by atoms with Crippen LogP contribution in [0.5, 0.6) is 0 Å². The van der Waals surface area contributed by atoms with Crippen molar-refractivity contribution in [3.05, 3.63) is 23.4 Å². The van der Waals surface area contributed by atoms with Gasteiger partial charge < -0.3 is 14.8 Å². The zero-order valence-corrected chi connectivity index (χ0v) is 13.2. The molecule has 1 aliphatic carbocycles. The van der Waals surface area contributed by atoms with Gasteiger partial charge in [-0.1, -0.05) is 0 Å². The highest BCUT2D eigenvalue weighted by Crippen LogP contribution is 2.29. The lowest BCUT2D eigenvalue weighted by Crippen LogP contribution is -2.20. The maximum atomic E-state index is 11.7. The van der Waals surface area contributed by atoms with Crippen molar-refractivity contribution >= 4 is 17.8 Å². The molecule has 0 amide bonds. The van der Waals surface area contributed by atoms with Crippen molar-refractivity contribution in [2.75, 3.05) is 19.0 Å². The number of rotatable bonds is 5. The third-order valence-corrected chi connectivity index (χ3v) is 3.90. The van der Waals surface area contributed by atoms with Gasteiger partial charge in [-0.25, -0.2) is 9.78 Å². The van der Waals surface area contributed by atoms with Crippen LogP contribution >= 0.6 is 0 Å². The second-order valence-corrected chi connectivity index (χ2v) is 5.42. The second-order valence-electron chi connectivity index (χ2n) is 5.42. The summed E-state index contributed by atoms with van der Waals surface area (Å²) < 4.78 is 9.77. The molecule has 6 nitrogen and oxygen atoms in total. The molecule has 2 rings (SSSR count). The van der Waals surface area contributed by atoms with Crippen LogP contribution in [0.2, 0.25) is 0 Å². The summed E-state index contributed by atoms with van der Waals surface area (Å²) in [6.07, 6.45) is 2.48. The maximum absolute atomic E-state index is 11.7. The normalized spacial score (nSPS) is 20.5. The number of nitrogens with one attached hydrogen (secondary N) is 1. The molecule has 1 aromatic heterocycles. The monoisotopic (exact) mass is 306 g/mol. The summed E-state index contributed by atoms with van der Waals surface area (Å²) in [5.74, 6) is 0.171. The lowest BCUT2D eigenvalue weighted by atomic mass is 10.1. The second kappa shape index (κ2) is 7.24. The minimum absolute atomic E-state index is 0.0344. The summed E-state index contributed by atoms with van der Waals surface area (Å²) in [7, 11) is 1.35. The molecule has 6 heteroatoms. The first-order chi connectivity index (χ1) is 10.5. The van der Waals surface area contributed by atoms with Gasteiger partial charge in [-0.2, -0.15) is 0 Å². The van der Waals surface area contributed by atoms with Gasteiger partial charge in [0, 0.05) is 6.04 Å². The summed E-state index contributed by atoms with van der Waals surface area (Å²) in [6, 6.07) is 3.66. The Morgan fingerprint density at radius 2 is 2.14 bits per heavy atom. The number of carbonyl (C=O) groups excluding carboxylic acids is 2. The van der Waals surface area contributed by atoms with Crippen LogP contribution in [0.3, 0.4) is 0 Å². The largest absolute Gasteiger partial charge is 0.466 e. The fourth-order valence-electron chi connectivity index (χ4n) is 2.76. The fourth-order valence-corrected chi connectivity index (χ4v) is 2.76. The Labute approximate surface area is 130 Å². The molecule has 0 bridgehead atoms. The van der Waals surface area contributed by atoms with Crippen LogP contribution in [0.1, 0.15) is 42.2 Å². The average Bonchev–Trinajstić information content (AvgIpc) is 2.95. The lowest BCUT2D eigenvalue weighted by Gasteiger charge is -2.14. The van der Waals surface area contributed by atoms with Crippen molar-refractivity contribution in [3.63, 3.8) is 0 Å². The number of pyridine rings is 1. The SMILES string of the molecule is CCOC(=O)C1CCC(Nc2ccc(C(=O)OC)c(C)n2)C1. The molecule has 1 fully saturated rings. The molecule has 1 aliphatic rings. The van der Waals surface area contributed by atoms with Crippen molar-refractivity contribution in [2.24, 2.45) is 5.92 Å². The molecule has 2 atom stereocenters. The predicted octanol–water partition coefficient (Wildman–Crippen LogP) is 2.32. The zero-order valence-electron chi connectivity index (χ0n) is 13.2. The van der Waals surface area contributed by atoms with Gasteiger partial charge in [0.2, 0.25) is 0 Å². The van der Waals surface area contributed by atoms with Crippen LogP contribution in [-0.4, -0.2) is 36.7 Å². The Bertz CT molecular complexity index is 559. The number of methoxy groups -OCH3 is 1. The van der Waals surface area contributed by atoms with E-state index in [1.165, 1.54) is 7.11 Å². The van der Waals surface area contributed by atoms with Gasteiger partial charge in [0.1, 0.15) is 5.82 Å². The number of hydrogen-bond acceptors (Lipinski definition) is 6. The molecular formula is C16H22N2O4. The van der Waals surface area contributed by atoms with Crippen LogP contribution in [0.25, 0.3) is 0 Å². The minimum atomic E-state index is -0.389. The van der Waals surface area contributed by atoms with Gasteiger partial charge in [0.25, 0.3) is 0 Å². The van der Waals surface area contributed by atoms with Gasteiger partial charge in [-0.05, 0) is 45.2 Å². The number of anilines is 1. The number of aromatic nitrogens is 1. The summed E-state index contributed by atoms with van der Waals surface area (Å²) >= 11 is 0. The summed E-state index contributed by atoms with van der Waals surface area (Å²) in [6.45, 7) is 4.01. The predicted molar refractivity (Wildman–Crippen MR) is 81.7 cm³/mol. The molecule has 0 spiro atoms. The third kappa shape index (κ3) is 3.75. The van der Waals surface area contributed by atoms with E-state index in [0.29, 0.717) is 23.7 Å². The van der Waals surface area contributed by atoms with E-state index in [4.69, 9.17) is 9.47 Å². The highest BCUT2D eigenvalue weighted by atomic mass is 16.5. The van der Waals surface area contributed by atoms with Gasteiger partial charge in [-0.15, -0.1) is 0 Å². The molecule has 120 valence electrons. The lowest BCUT2D eigenvalue weighted by molar-refractivity contribution is -0.147. The Morgan fingerprint density at radius 3 is 2.77 bits per heavy atom. The van der Waals surface area contributed by atoms with E-state index in [2.05, 4.69) is 10.3 Å². The van der Waals surface area contributed by atoms with Crippen LogP contribution in [0.4, 0.5) is 5.82 Å². The molecule has 0 aromatic carbocycles. The number of aryl methyl sites for hydroxylation is 1. The molecule has 0 radical (unpaired) electrons. The van der Waals surface area contributed by atoms with E-state index < -0.39 is 0 Å². The smallest absolute Gasteiger partial charge is 0.339 e. The van der Waals surface area contributed by atoms with Gasteiger partial charge in [0.05, 0.1) is 30.9 Å². The summed E-state index contributed by atoms with van der Waals surface area (Å²) in [5.41, 5.74) is 1.08. The van der Waals surface area contributed by atoms with Crippen LogP contribution in [0.15, 0.2) is 12.1 Å². The van der Waals surface area contributed by atoms with E-state index in [-0.39, 0.29) is 23.9 Å². The number of carbonyl (C=O) groups is 2. The Kier molecular flexibility index (Phi) is 5.35. The first-order valence-electron chi connectivity index (χ1n) is 7.54. The van der Waals surface area contributed by atoms with E-state index >= 15 is 0 Å². The summed E-state index contributed by atoms with van der Waals surface area (Å²) in [4.78, 5) is 27.7. The van der Waals surface area contributed by atoms with E-state index in [9.17, 15) is 9.59 Å². The fraction of sp³-hybridized carbons (Fsp3) is 0.562. The molecule has 2 unspecified atom stereocenters. The third-order valence-electron chi connectivity index (χ3n) is 3.90. The zero-order chi connectivity index (χ0) is 16.1.